The highest BCUT2D eigenvalue weighted by molar-refractivity contribution is 9.09. The van der Waals surface area contributed by atoms with Crippen LogP contribution in [-0.4, -0.2) is 22.7 Å². The average Bonchev–Trinajstić information content (AvgIpc) is 2.32. The largest absolute Gasteiger partial charge is 0.352 e. The van der Waals surface area contributed by atoms with Crippen LogP contribution in [0.15, 0.2) is 12.1 Å². The zero-order valence-electron chi connectivity index (χ0n) is 9.08. The molecule has 0 spiro atoms. The summed E-state index contributed by atoms with van der Waals surface area (Å²) in [6.07, 6.45) is 0.614. The lowest BCUT2D eigenvalue weighted by Crippen LogP contribution is -2.25. The first-order valence-corrected chi connectivity index (χ1v) is 6.07. The number of nitro groups is 1. The van der Waals surface area contributed by atoms with Crippen LogP contribution in [0, 0.1) is 21.7 Å². The van der Waals surface area contributed by atoms with E-state index in [0.29, 0.717) is 23.9 Å². The number of nitrogens with zero attached hydrogens (tertiary/aromatic N) is 1. The molecule has 0 saturated carbocycles. The van der Waals surface area contributed by atoms with Crippen molar-refractivity contribution in [3.05, 3.63) is 39.4 Å². The smallest absolute Gasteiger partial charge is 0.285 e. The van der Waals surface area contributed by atoms with Crippen molar-refractivity contribution in [2.75, 3.05) is 11.9 Å². The van der Waals surface area contributed by atoms with Gasteiger partial charge in [-0.25, -0.2) is 8.78 Å². The molecule has 0 heterocycles. The summed E-state index contributed by atoms with van der Waals surface area (Å²) in [7, 11) is 0. The van der Waals surface area contributed by atoms with Gasteiger partial charge >= 0.3 is 0 Å². The van der Waals surface area contributed by atoms with Crippen molar-refractivity contribution in [2.45, 2.75) is 6.42 Å². The maximum absolute atomic E-state index is 13.0. The Kier molecular flexibility index (Phi) is 5.14. The van der Waals surface area contributed by atoms with E-state index in [1.807, 2.05) is 0 Å². The molecular weight excluding hydrogens is 314 g/mol. The first-order valence-electron chi connectivity index (χ1n) is 4.95. The fraction of sp³-hybridized carbons (Fsp3) is 0.300. The Hall–Kier alpha value is -1.57. The van der Waals surface area contributed by atoms with E-state index in [-0.39, 0.29) is 6.54 Å². The lowest BCUT2D eigenvalue weighted by Gasteiger charge is -2.05. The highest BCUT2D eigenvalue weighted by Crippen LogP contribution is 2.22. The molecule has 5 nitrogen and oxygen atoms in total. The minimum absolute atomic E-state index is 0.278. The summed E-state index contributed by atoms with van der Waals surface area (Å²) in [5.41, 5.74) is -1.25. The monoisotopic (exact) mass is 322 g/mol. The molecule has 1 N–H and O–H groups in total. The number of halogens is 3. The van der Waals surface area contributed by atoms with Crippen LogP contribution >= 0.6 is 15.9 Å². The van der Waals surface area contributed by atoms with Crippen molar-refractivity contribution in [2.24, 2.45) is 0 Å². The number of amides is 1. The van der Waals surface area contributed by atoms with Gasteiger partial charge in [0.25, 0.3) is 11.6 Å². The number of benzene rings is 1. The lowest BCUT2D eigenvalue weighted by molar-refractivity contribution is -0.385. The fourth-order valence-electron chi connectivity index (χ4n) is 1.23. The summed E-state index contributed by atoms with van der Waals surface area (Å²) in [4.78, 5) is 21.3. The molecule has 0 radical (unpaired) electrons. The molecule has 0 bridgehead atoms. The molecule has 1 amide bonds. The first-order chi connectivity index (χ1) is 8.47. The van der Waals surface area contributed by atoms with Gasteiger partial charge < -0.3 is 5.32 Å². The number of nitro benzene ring substituents is 1. The number of carbonyl (C=O) groups excluding carboxylic acids is 1. The van der Waals surface area contributed by atoms with Gasteiger partial charge in [0.1, 0.15) is 5.56 Å². The van der Waals surface area contributed by atoms with Crippen LogP contribution in [0.4, 0.5) is 14.5 Å². The second-order valence-corrected chi connectivity index (χ2v) is 4.13. The van der Waals surface area contributed by atoms with E-state index in [1.165, 1.54) is 0 Å². The average molecular weight is 323 g/mol. The topological polar surface area (TPSA) is 72.2 Å². The Morgan fingerprint density at radius 3 is 2.56 bits per heavy atom. The van der Waals surface area contributed by atoms with Crippen LogP contribution in [0.3, 0.4) is 0 Å². The van der Waals surface area contributed by atoms with E-state index >= 15 is 0 Å². The normalized spacial score (nSPS) is 10.2. The van der Waals surface area contributed by atoms with Gasteiger partial charge in [0.15, 0.2) is 11.6 Å². The zero-order valence-corrected chi connectivity index (χ0v) is 10.7. The van der Waals surface area contributed by atoms with Gasteiger partial charge in [-0.3, -0.25) is 14.9 Å². The number of hydrogen-bond donors (Lipinski definition) is 1. The molecule has 1 aromatic rings. The third kappa shape index (κ3) is 3.46. The van der Waals surface area contributed by atoms with Crippen molar-refractivity contribution in [1.82, 2.24) is 5.32 Å². The zero-order chi connectivity index (χ0) is 13.7. The Bertz CT molecular complexity index is 482. The van der Waals surface area contributed by atoms with Crippen molar-refractivity contribution < 1.29 is 18.5 Å². The molecule has 0 atom stereocenters. The second kappa shape index (κ2) is 6.39. The van der Waals surface area contributed by atoms with Crippen molar-refractivity contribution in [3.8, 4) is 0 Å². The van der Waals surface area contributed by atoms with Crippen molar-refractivity contribution >= 4 is 27.5 Å². The first kappa shape index (κ1) is 14.5. The van der Waals surface area contributed by atoms with E-state index in [2.05, 4.69) is 21.2 Å². The molecule has 0 aliphatic heterocycles. The second-order valence-electron chi connectivity index (χ2n) is 3.34. The maximum atomic E-state index is 13.0. The summed E-state index contributed by atoms with van der Waals surface area (Å²) in [6, 6.07) is 0.922. The molecule has 8 heteroatoms. The predicted octanol–water partition coefficient (Wildman–Crippen LogP) is 2.39. The Morgan fingerprint density at radius 1 is 1.39 bits per heavy atom. The standard InChI is InChI=1S/C10H9BrF2N2O3/c11-2-1-3-14-10(16)6-4-7(12)8(13)5-9(6)15(17)18/h4-5H,1-3H2,(H,14,16). The third-order valence-corrected chi connectivity index (χ3v) is 2.64. The Labute approximate surface area is 109 Å². The molecule has 1 rings (SSSR count). The van der Waals surface area contributed by atoms with E-state index < -0.39 is 33.7 Å². The van der Waals surface area contributed by atoms with Crippen LogP contribution in [0.2, 0.25) is 0 Å². The molecule has 18 heavy (non-hydrogen) atoms. The third-order valence-electron chi connectivity index (χ3n) is 2.08. The minimum Gasteiger partial charge on any atom is -0.352 e. The Morgan fingerprint density at radius 2 is 2.00 bits per heavy atom. The molecule has 0 unspecified atom stereocenters. The van der Waals surface area contributed by atoms with E-state index in [9.17, 15) is 23.7 Å². The van der Waals surface area contributed by atoms with Crippen molar-refractivity contribution in [1.29, 1.82) is 0 Å². The van der Waals surface area contributed by atoms with Crippen LogP contribution < -0.4 is 5.32 Å². The summed E-state index contributed by atoms with van der Waals surface area (Å²) in [5, 5.41) is 13.7. The number of alkyl halides is 1. The molecule has 0 fully saturated rings. The molecule has 0 saturated heterocycles. The van der Waals surface area contributed by atoms with Gasteiger partial charge in [0, 0.05) is 11.9 Å². The molecule has 0 aromatic heterocycles. The van der Waals surface area contributed by atoms with Crippen LogP contribution in [0.1, 0.15) is 16.8 Å². The van der Waals surface area contributed by atoms with E-state index in [1.54, 1.807) is 0 Å². The predicted molar refractivity (Wildman–Crippen MR) is 63.8 cm³/mol. The van der Waals surface area contributed by atoms with Crippen LogP contribution in [-0.2, 0) is 0 Å². The maximum Gasteiger partial charge on any atom is 0.285 e. The van der Waals surface area contributed by atoms with Gasteiger partial charge in [0.05, 0.1) is 11.0 Å². The number of rotatable bonds is 5. The number of hydrogen-bond acceptors (Lipinski definition) is 3. The molecular formula is C10H9BrF2N2O3. The number of nitrogens with one attached hydrogen (secondary N) is 1. The summed E-state index contributed by atoms with van der Waals surface area (Å²) in [6.45, 7) is 0.278. The van der Waals surface area contributed by atoms with Gasteiger partial charge in [-0.15, -0.1) is 0 Å². The molecule has 0 aliphatic rings. The highest BCUT2D eigenvalue weighted by atomic mass is 79.9. The SMILES string of the molecule is O=C(NCCCBr)c1cc(F)c(F)cc1[N+](=O)[O-]. The van der Waals surface area contributed by atoms with Crippen molar-refractivity contribution in [3.63, 3.8) is 0 Å². The number of carbonyl (C=O) groups is 1. The van der Waals surface area contributed by atoms with Crippen LogP contribution in [0.5, 0.6) is 0 Å². The molecule has 98 valence electrons. The van der Waals surface area contributed by atoms with Gasteiger partial charge in [-0.05, 0) is 12.5 Å². The summed E-state index contributed by atoms with van der Waals surface area (Å²) < 4.78 is 25.9. The van der Waals surface area contributed by atoms with Crippen LogP contribution in [0.25, 0.3) is 0 Å². The highest BCUT2D eigenvalue weighted by Gasteiger charge is 2.23. The minimum atomic E-state index is -1.36. The van der Waals surface area contributed by atoms with E-state index in [4.69, 9.17) is 0 Å². The van der Waals surface area contributed by atoms with Gasteiger partial charge in [-0.2, -0.15) is 0 Å². The Balaban J connectivity index is 3.02. The fourth-order valence-corrected chi connectivity index (χ4v) is 1.51. The summed E-state index contributed by atoms with van der Waals surface area (Å²) >= 11 is 3.15. The lowest BCUT2D eigenvalue weighted by atomic mass is 10.1. The van der Waals surface area contributed by atoms with Gasteiger partial charge in [-0.1, -0.05) is 15.9 Å². The molecule has 0 aliphatic carbocycles. The quantitative estimate of drug-likeness (QED) is 0.391. The van der Waals surface area contributed by atoms with Gasteiger partial charge in [0.2, 0.25) is 0 Å². The molecule has 1 aromatic carbocycles. The van der Waals surface area contributed by atoms with E-state index in [0.717, 1.165) is 0 Å². The summed E-state index contributed by atoms with van der Waals surface area (Å²) in [5.74, 6) is -3.47.